The van der Waals surface area contributed by atoms with Crippen LogP contribution in [0.2, 0.25) is 0 Å². The first kappa shape index (κ1) is 38.5. The van der Waals surface area contributed by atoms with Gasteiger partial charge in [0.25, 0.3) is 0 Å². The van der Waals surface area contributed by atoms with Crippen molar-refractivity contribution in [2.75, 3.05) is 6.16 Å². The van der Waals surface area contributed by atoms with Gasteiger partial charge in [-0.05, 0) is 138 Å². The quantitative estimate of drug-likeness (QED) is 0.0862. The minimum absolute atomic E-state index is 0.340. The Bertz CT molecular complexity index is 1530. The van der Waals surface area contributed by atoms with E-state index in [0.29, 0.717) is 6.42 Å². The summed E-state index contributed by atoms with van der Waals surface area (Å²) in [6.45, 7) is 17.8. The normalized spacial score (nSPS) is 12.0. The number of rotatable bonds is 17. The third-order valence-electron chi connectivity index (χ3n) is 10.2. The molecule has 0 amide bonds. The lowest BCUT2D eigenvalue weighted by molar-refractivity contribution is -0.0857. The Hall–Kier alpha value is -2.34. The van der Waals surface area contributed by atoms with Gasteiger partial charge in [-0.1, -0.05) is 128 Å². The topological polar surface area (TPSA) is 40.5 Å². The van der Waals surface area contributed by atoms with Gasteiger partial charge in [-0.3, -0.25) is 0 Å². The highest BCUT2D eigenvalue weighted by Gasteiger charge is 2.37. The largest absolute Gasteiger partial charge is 0.362 e. The molecule has 0 aliphatic carbocycles. The Morgan fingerprint density at radius 1 is 0.417 bits per heavy atom. The molecule has 0 atom stereocenters. The van der Waals surface area contributed by atoms with Crippen molar-refractivity contribution in [1.29, 1.82) is 0 Å². The van der Waals surface area contributed by atoms with E-state index in [4.69, 9.17) is 0 Å². The van der Waals surface area contributed by atoms with Crippen molar-refractivity contribution >= 4 is 37.1 Å². The van der Waals surface area contributed by atoms with Gasteiger partial charge in [0.15, 0.2) is 5.53 Å². The van der Waals surface area contributed by atoms with Crippen LogP contribution in [0.1, 0.15) is 113 Å². The van der Waals surface area contributed by atoms with E-state index < -0.39 is 21.4 Å². The first-order chi connectivity index (χ1) is 23.2. The number of hydrogen-bond acceptors (Lipinski definition) is 2. The Morgan fingerprint density at radius 2 is 0.708 bits per heavy atom. The summed E-state index contributed by atoms with van der Waals surface area (Å²) in [6, 6.07) is 27.6. The van der Waals surface area contributed by atoms with Crippen LogP contribution in [0.5, 0.6) is 0 Å². The third-order valence-corrected chi connectivity index (χ3v) is 15.3. The highest BCUT2D eigenvalue weighted by atomic mass is 31.1. The molecule has 2 nitrogen and oxygen atoms in total. The maximum atomic E-state index is 12.2. The molecule has 0 aromatic heterocycles. The summed E-state index contributed by atoms with van der Waals surface area (Å²) in [5.74, 6) is 0. The molecule has 0 aliphatic heterocycles. The van der Waals surface area contributed by atoms with Crippen molar-refractivity contribution in [3.05, 3.63) is 117 Å². The first-order valence-electron chi connectivity index (χ1n) is 18.7. The molecule has 48 heavy (non-hydrogen) atoms. The highest BCUT2D eigenvalue weighted by molar-refractivity contribution is 7.74. The highest BCUT2D eigenvalue weighted by Crippen LogP contribution is 2.49. The van der Waals surface area contributed by atoms with Crippen LogP contribution in [0.4, 0.5) is 0 Å². The van der Waals surface area contributed by atoms with Crippen molar-refractivity contribution in [1.82, 2.24) is 0 Å². The van der Waals surface area contributed by atoms with E-state index >= 15 is 0 Å². The van der Waals surface area contributed by atoms with Gasteiger partial charge in [0.2, 0.25) is 0 Å². The minimum Gasteiger partial charge on any atom is -0.362 e. The molecule has 0 heterocycles. The molecule has 4 aromatic rings. The fourth-order valence-corrected chi connectivity index (χ4v) is 12.3. The summed E-state index contributed by atoms with van der Waals surface area (Å²) in [6.07, 6.45) is 10.0. The smallest absolute Gasteiger partial charge is 0.190 e. The van der Waals surface area contributed by atoms with Crippen LogP contribution in [-0.2, 0) is 51.4 Å². The molecule has 0 aliphatic rings. The number of hydrogen-bond donors (Lipinski definition) is 2. The van der Waals surface area contributed by atoms with Gasteiger partial charge < -0.3 is 10.2 Å². The predicted molar refractivity (Wildman–Crippen MR) is 214 cm³/mol. The van der Waals surface area contributed by atoms with Gasteiger partial charge in [-0.2, -0.15) is 0 Å². The van der Waals surface area contributed by atoms with Crippen LogP contribution in [0.3, 0.4) is 0 Å². The molecule has 0 saturated heterocycles. The third kappa shape index (κ3) is 8.87. The standard InChI is InChI=1S/C44H60O2P2/c1-9-32-18-22-40(28-36(32)13-5)47(41-23-19-33(10-2)37(14-6)29-41)27-17-26-44(45,46)48(42-24-20-34(11-3)38(15-7)30-42)43-25-21-35(12-4)39(16-8)31-43/h18-25,28-31,45-46H,9-17,26-27H2,1-8H3. The van der Waals surface area contributed by atoms with E-state index in [1.54, 1.807) is 0 Å². The first-order valence-corrected chi connectivity index (χ1v) is 21.5. The van der Waals surface area contributed by atoms with Gasteiger partial charge in [-0.25, -0.2) is 0 Å². The summed E-state index contributed by atoms with van der Waals surface area (Å²) in [5, 5.41) is 29.3. The second kappa shape index (κ2) is 18.1. The van der Waals surface area contributed by atoms with E-state index in [1.165, 1.54) is 55.1 Å². The average Bonchev–Trinajstić information content (AvgIpc) is 3.12. The summed E-state index contributed by atoms with van der Waals surface area (Å²) >= 11 is 0. The minimum atomic E-state index is -1.82. The van der Waals surface area contributed by atoms with Gasteiger partial charge >= 0.3 is 0 Å². The Labute approximate surface area is 294 Å². The molecular weight excluding hydrogens is 622 g/mol. The summed E-state index contributed by atoms with van der Waals surface area (Å²) in [7, 11) is -2.08. The van der Waals surface area contributed by atoms with Gasteiger partial charge in [0.1, 0.15) is 0 Å². The Morgan fingerprint density at radius 3 is 1.02 bits per heavy atom. The van der Waals surface area contributed by atoms with E-state index in [9.17, 15) is 10.2 Å². The fourth-order valence-electron chi connectivity index (χ4n) is 7.32. The molecule has 0 spiro atoms. The van der Waals surface area contributed by atoms with E-state index in [-0.39, 0.29) is 0 Å². The lowest BCUT2D eigenvalue weighted by Crippen LogP contribution is -2.35. The SMILES string of the molecule is CCc1ccc(P(CCCC(O)(O)P(c2ccc(CC)c(CC)c2)c2ccc(CC)c(CC)c2)c2ccc(CC)c(CC)c2)cc1CC. The maximum Gasteiger partial charge on any atom is 0.190 e. The molecule has 0 saturated carbocycles. The molecule has 258 valence electrons. The fraction of sp³-hybridized carbons (Fsp3) is 0.455. The summed E-state index contributed by atoms with van der Waals surface area (Å²) in [5.41, 5.74) is 9.24. The van der Waals surface area contributed by atoms with E-state index in [2.05, 4.69) is 128 Å². The molecular formula is C44H60O2P2. The van der Waals surface area contributed by atoms with Crippen molar-refractivity contribution in [3.63, 3.8) is 0 Å². The second-order valence-corrected chi connectivity index (χ2v) is 17.8. The van der Waals surface area contributed by atoms with Crippen LogP contribution in [0.15, 0.2) is 72.8 Å². The molecule has 4 heteroatoms. The monoisotopic (exact) mass is 682 g/mol. The summed E-state index contributed by atoms with van der Waals surface area (Å²) in [4.78, 5) is 0. The second-order valence-electron chi connectivity index (χ2n) is 13.0. The molecule has 4 rings (SSSR count). The van der Waals surface area contributed by atoms with Gasteiger partial charge in [0.05, 0.1) is 0 Å². The van der Waals surface area contributed by atoms with Crippen LogP contribution in [0.25, 0.3) is 0 Å². The average molecular weight is 683 g/mol. The van der Waals surface area contributed by atoms with E-state index in [1.807, 2.05) is 0 Å². The van der Waals surface area contributed by atoms with E-state index in [0.717, 1.165) is 74.6 Å². The molecule has 0 fully saturated rings. The predicted octanol–water partition coefficient (Wildman–Crippen LogP) is 9.17. The van der Waals surface area contributed by atoms with Crippen molar-refractivity contribution in [2.45, 2.75) is 125 Å². The number of benzene rings is 4. The molecule has 2 N–H and O–H groups in total. The Balaban J connectivity index is 1.73. The van der Waals surface area contributed by atoms with Gasteiger partial charge in [-0.15, -0.1) is 0 Å². The lowest BCUT2D eigenvalue weighted by atomic mass is 10.0. The van der Waals surface area contributed by atoms with Crippen molar-refractivity contribution < 1.29 is 10.2 Å². The zero-order chi connectivity index (χ0) is 34.8. The molecule has 0 bridgehead atoms. The van der Waals surface area contributed by atoms with Crippen LogP contribution >= 0.6 is 15.8 Å². The maximum absolute atomic E-state index is 12.2. The van der Waals surface area contributed by atoms with Crippen LogP contribution in [-0.4, -0.2) is 21.9 Å². The van der Waals surface area contributed by atoms with Crippen molar-refractivity contribution in [3.8, 4) is 0 Å². The molecule has 0 radical (unpaired) electrons. The zero-order valence-corrected chi connectivity index (χ0v) is 32.8. The zero-order valence-electron chi connectivity index (χ0n) is 31.0. The van der Waals surface area contributed by atoms with Crippen molar-refractivity contribution in [2.24, 2.45) is 0 Å². The lowest BCUT2D eigenvalue weighted by Gasteiger charge is -2.34. The summed E-state index contributed by atoms with van der Waals surface area (Å²) < 4.78 is 0. The number of aryl methyl sites for hydroxylation is 8. The Kier molecular flexibility index (Phi) is 14.5. The molecule has 0 unspecified atom stereocenters. The van der Waals surface area contributed by atoms with Gasteiger partial charge in [0, 0.05) is 14.3 Å². The molecule has 4 aromatic carbocycles. The van der Waals surface area contributed by atoms with Crippen LogP contribution in [0, 0.1) is 0 Å². The van der Waals surface area contributed by atoms with Crippen LogP contribution < -0.4 is 21.2 Å². The number of aliphatic hydroxyl groups is 2.